The summed E-state index contributed by atoms with van der Waals surface area (Å²) in [6, 6.07) is 4.48. The molecule has 0 bridgehead atoms. The van der Waals surface area contributed by atoms with Crippen LogP contribution in [-0.4, -0.2) is 30.9 Å². The molecule has 1 aromatic rings. The molecule has 1 aliphatic heterocycles. The first-order valence-electron chi connectivity index (χ1n) is 4.41. The molecule has 80 valence electrons. The van der Waals surface area contributed by atoms with E-state index in [2.05, 4.69) is 4.89 Å². The van der Waals surface area contributed by atoms with Crippen LogP contribution in [0.25, 0.3) is 0 Å². The Kier molecular flexibility index (Phi) is 2.57. The van der Waals surface area contributed by atoms with Gasteiger partial charge in [0.05, 0.1) is 5.56 Å². The molecular weight excluding hydrogens is 200 g/mol. The van der Waals surface area contributed by atoms with Gasteiger partial charge in [0.15, 0.2) is 17.6 Å². The molecule has 1 unspecified atom stereocenters. The number of Topliss-reactive ketones (excluding diaryl/α,β-unsaturated/α-hetero) is 1. The summed E-state index contributed by atoms with van der Waals surface area (Å²) in [5.41, 5.74) is 0.439. The molecule has 0 spiro atoms. The van der Waals surface area contributed by atoms with Crippen LogP contribution in [0.2, 0.25) is 0 Å². The summed E-state index contributed by atoms with van der Waals surface area (Å²) in [4.78, 5) is 15.8. The van der Waals surface area contributed by atoms with Gasteiger partial charge in [-0.15, -0.1) is 0 Å². The van der Waals surface area contributed by atoms with Gasteiger partial charge in [0, 0.05) is 13.2 Å². The first kappa shape index (κ1) is 9.95. The highest BCUT2D eigenvalue weighted by Crippen LogP contribution is 2.29. The molecule has 0 radical (unpaired) electrons. The minimum atomic E-state index is -0.557. The molecule has 1 aromatic carbocycles. The molecule has 1 aliphatic rings. The summed E-state index contributed by atoms with van der Waals surface area (Å²) in [5.74, 6) is 0.514. The lowest BCUT2D eigenvalue weighted by Gasteiger charge is -2.22. The van der Waals surface area contributed by atoms with Crippen molar-refractivity contribution in [1.82, 2.24) is 0 Å². The van der Waals surface area contributed by atoms with E-state index in [4.69, 9.17) is 14.7 Å². The Balaban J connectivity index is 2.37. The van der Waals surface area contributed by atoms with Crippen molar-refractivity contribution >= 4 is 5.78 Å². The zero-order valence-corrected chi connectivity index (χ0v) is 8.10. The number of carbonyl (C=O) groups excluding carboxylic acids is 1. The number of carbonyl (C=O) groups is 1. The van der Waals surface area contributed by atoms with Crippen molar-refractivity contribution in [2.75, 3.05) is 13.7 Å². The monoisotopic (exact) mass is 210 g/mol. The lowest BCUT2D eigenvalue weighted by Crippen LogP contribution is -2.34. The van der Waals surface area contributed by atoms with Gasteiger partial charge in [-0.05, 0) is 12.1 Å². The summed E-state index contributed by atoms with van der Waals surface area (Å²) < 4.78 is 10.3. The van der Waals surface area contributed by atoms with E-state index < -0.39 is 6.10 Å². The zero-order chi connectivity index (χ0) is 10.8. The molecule has 2 rings (SSSR count). The molecule has 0 saturated carbocycles. The highest BCUT2D eigenvalue weighted by molar-refractivity contribution is 6.03. The van der Waals surface area contributed by atoms with Crippen molar-refractivity contribution in [3.05, 3.63) is 23.8 Å². The van der Waals surface area contributed by atoms with Crippen LogP contribution in [0, 0.1) is 0 Å². The van der Waals surface area contributed by atoms with Gasteiger partial charge in [0.2, 0.25) is 0 Å². The maximum atomic E-state index is 11.7. The Morgan fingerprint density at radius 3 is 3.00 bits per heavy atom. The van der Waals surface area contributed by atoms with Gasteiger partial charge < -0.3 is 14.4 Å². The average molecular weight is 210 g/mol. The lowest BCUT2D eigenvalue weighted by atomic mass is 10.0. The third-order valence-electron chi connectivity index (χ3n) is 2.29. The number of benzene rings is 1. The second kappa shape index (κ2) is 3.88. The second-order valence-electron chi connectivity index (χ2n) is 3.15. The SMILES string of the molecule is COC1COc2cc(OO)ccc2C1=O. The number of fused-ring (bicyclic) bond motifs is 1. The van der Waals surface area contributed by atoms with Crippen LogP contribution in [0.15, 0.2) is 18.2 Å². The maximum Gasteiger partial charge on any atom is 0.198 e. The van der Waals surface area contributed by atoms with Gasteiger partial charge in [-0.25, -0.2) is 5.26 Å². The Hall–Kier alpha value is -1.59. The van der Waals surface area contributed by atoms with E-state index in [1.165, 1.54) is 25.3 Å². The molecule has 0 aliphatic carbocycles. The number of ether oxygens (including phenoxy) is 2. The van der Waals surface area contributed by atoms with E-state index in [0.717, 1.165) is 0 Å². The van der Waals surface area contributed by atoms with Crippen LogP contribution in [0.5, 0.6) is 11.5 Å². The Bertz CT molecular complexity index is 387. The van der Waals surface area contributed by atoms with Gasteiger partial charge in [0.25, 0.3) is 0 Å². The van der Waals surface area contributed by atoms with Crippen molar-refractivity contribution < 1.29 is 24.4 Å². The zero-order valence-electron chi connectivity index (χ0n) is 8.10. The van der Waals surface area contributed by atoms with Crippen molar-refractivity contribution in [1.29, 1.82) is 0 Å². The third-order valence-corrected chi connectivity index (χ3v) is 2.29. The first-order chi connectivity index (χ1) is 7.26. The topological polar surface area (TPSA) is 65.0 Å². The summed E-state index contributed by atoms with van der Waals surface area (Å²) in [6.07, 6.45) is -0.557. The summed E-state index contributed by atoms with van der Waals surface area (Å²) in [5, 5.41) is 8.44. The minimum Gasteiger partial charge on any atom is -0.489 e. The van der Waals surface area contributed by atoms with Crippen molar-refractivity contribution in [3.63, 3.8) is 0 Å². The number of hydrogen-bond acceptors (Lipinski definition) is 5. The third kappa shape index (κ3) is 1.67. The lowest BCUT2D eigenvalue weighted by molar-refractivity contribution is -0.137. The Morgan fingerprint density at radius 2 is 2.33 bits per heavy atom. The fraction of sp³-hybridized carbons (Fsp3) is 0.300. The second-order valence-corrected chi connectivity index (χ2v) is 3.15. The van der Waals surface area contributed by atoms with Crippen molar-refractivity contribution in [2.24, 2.45) is 0 Å². The van der Waals surface area contributed by atoms with Crippen LogP contribution < -0.4 is 9.62 Å². The molecule has 5 heteroatoms. The van der Waals surface area contributed by atoms with Crippen molar-refractivity contribution in [3.8, 4) is 11.5 Å². The fourth-order valence-corrected chi connectivity index (χ4v) is 1.47. The van der Waals surface area contributed by atoms with Gasteiger partial charge in [-0.2, -0.15) is 0 Å². The molecular formula is C10H10O5. The highest BCUT2D eigenvalue weighted by Gasteiger charge is 2.28. The number of rotatable bonds is 2. The molecule has 0 fully saturated rings. The molecule has 1 heterocycles. The quantitative estimate of drug-likeness (QED) is 0.585. The summed E-state index contributed by atoms with van der Waals surface area (Å²) in [6.45, 7) is 0.178. The van der Waals surface area contributed by atoms with E-state index in [1.807, 2.05) is 0 Å². The van der Waals surface area contributed by atoms with Gasteiger partial charge in [0.1, 0.15) is 12.4 Å². The van der Waals surface area contributed by atoms with Crippen LogP contribution in [-0.2, 0) is 4.74 Å². The van der Waals surface area contributed by atoms with Crippen LogP contribution in [0.4, 0.5) is 0 Å². The predicted octanol–water partition coefficient (Wildman–Crippen LogP) is 1.13. The fourth-order valence-electron chi connectivity index (χ4n) is 1.47. The first-order valence-corrected chi connectivity index (χ1v) is 4.41. The Labute approximate surface area is 86.1 Å². The molecule has 1 atom stereocenters. The summed E-state index contributed by atoms with van der Waals surface area (Å²) >= 11 is 0. The van der Waals surface area contributed by atoms with E-state index in [0.29, 0.717) is 11.3 Å². The van der Waals surface area contributed by atoms with E-state index >= 15 is 0 Å². The highest BCUT2D eigenvalue weighted by atomic mass is 17.1. The maximum absolute atomic E-state index is 11.7. The van der Waals surface area contributed by atoms with E-state index in [9.17, 15) is 4.79 Å². The standard InChI is InChI=1S/C10H10O5/c1-13-9-5-14-8-4-6(15-12)2-3-7(8)10(9)11/h2-4,9,12H,5H2,1H3. The number of ketones is 1. The van der Waals surface area contributed by atoms with Crippen molar-refractivity contribution in [2.45, 2.75) is 6.10 Å². The van der Waals surface area contributed by atoms with Crippen LogP contribution in [0.1, 0.15) is 10.4 Å². The molecule has 1 N–H and O–H groups in total. The molecule has 5 nitrogen and oxygen atoms in total. The summed E-state index contributed by atoms with van der Waals surface area (Å²) in [7, 11) is 1.46. The smallest absolute Gasteiger partial charge is 0.198 e. The number of methoxy groups -OCH3 is 1. The van der Waals surface area contributed by atoms with Crippen LogP contribution in [0.3, 0.4) is 0 Å². The van der Waals surface area contributed by atoms with Gasteiger partial charge in [-0.3, -0.25) is 4.79 Å². The largest absolute Gasteiger partial charge is 0.489 e. The molecule has 0 amide bonds. The van der Waals surface area contributed by atoms with Gasteiger partial charge >= 0.3 is 0 Å². The molecule has 15 heavy (non-hydrogen) atoms. The average Bonchev–Trinajstić information content (AvgIpc) is 2.29. The predicted molar refractivity (Wildman–Crippen MR) is 50.3 cm³/mol. The van der Waals surface area contributed by atoms with E-state index in [-0.39, 0.29) is 18.1 Å². The molecule has 0 saturated heterocycles. The van der Waals surface area contributed by atoms with Crippen LogP contribution >= 0.6 is 0 Å². The number of hydrogen-bond donors (Lipinski definition) is 1. The van der Waals surface area contributed by atoms with E-state index in [1.54, 1.807) is 0 Å². The molecule has 0 aromatic heterocycles. The normalized spacial score (nSPS) is 19.3. The Morgan fingerprint density at radius 1 is 1.53 bits per heavy atom. The minimum absolute atomic E-state index is 0.122. The van der Waals surface area contributed by atoms with Gasteiger partial charge in [-0.1, -0.05) is 0 Å².